The molecule has 1 aromatic heterocycles. The van der Waals surface area contributed by atoms with Crippen LogP contribution in [0, 0.1) is 6.92 Å². The minimum atomic E-state index is -0.913. The van der Waals surface area contributed by atoms with Gasteiger partial charge in [-0.15, -0.1) is 11.3 Å². The van der Waals surface area contributed by atoms with Crippen LogP contribution >= 0.6 is 11.3 Å². The van der Waals surface area contributed by atoms with Crippen LogP contribution in [-0.4, -0.2) is 28.6 Å². The van der Waals surface area contributed by atoms with E-state index in [4.69, 9.17) is 0 Å². The summed E-state index contributed by atoms with van der Waals surface area (Å²) in [5.74, 6) is -0.292. The Morgan fingerprint density at radius 3 is 2.71 bits per heavy atom. The van der Waals surface area contributed by atoms with Gasteiger partial charge in [0.25, 0.3) is 0 Å². The van der Waals surface area contributed by atoms with Crippen LogP contribution in [0.2, 0.25) is 0 Å². The van der Waals surface area contributed by atoms with E-state index in [1.165, 1.54) is 18.4 Å². The van der Waals surface area contributed by atoms with Crippen LogP contribution in [0.1, 0.15) is 57.5 Å². The number of aromatic nitrogens is 1. The molecule has 0 aliphatic heterocycles. The van der Waals surface area contributed by atoms with E-state index in [2.05, 4.69) is 40.6 Å². The first kappa shape index (κ1) is 15.8. The number of nitrogens with one attached hydrogen (secondary N) is 1. The Bertz CT molecular complexity index is 752. The van der Waals surface area contributed by atoms with Crippen LogP contribution in [0.3, 0.4) is 0 Å². The van der Waals surface area contributed by atoms with E-state index in [1.807, 2.05) is 6.92 Å². The molecule has 0 unspecified atom stereocenters. The van der Waals surface area contributed by atoms with Gasteiger partial charge < -0.3 is 10.4 Å². The van der Waals surface area contributed by atoms with Gasteiger partial charge in [0.15, 0.2) is 5.69 Å². The molecule has 0 radical (unpaired) electrons. The maximum absolute atomic E-state index is 11.3. The van der Waals surface area contributed by atoms with Gasteiger partial charge in [0.05, 0.1) is 0 Å². The molecule has 2 N–H and O–H groups in total. The Kier molecular flexibility index (Phi) is 3.93. The zero-order valence-corrected chi connectivity index (χ0v) is 14.6. The first-order valence-electron chi connectivity index (χ1n) is 8.59. The molecular weight excluding hydrogens is 320 g/mol. The zero-order valence-electron chi connectivity index (χ0n) is 13.8. The van der Waals surface area contributed by atoms with E-state index in [0.717, 1.165) is 29.3 Å². The minimum absolute atomic E-state index is 0.0486. The van der Waals surface area contributed by atoms with Crippen molar-refractivity contribution >= 4 is 17.3 Å². The first-order valence-corrected chi connectivity index (χ1v) is 9.40. The molecule has 0 bridgehead atoms. The topological polar surface area (TPSA) is 62.2 Å². The summed E-state index contributed by atoms with van der Waals surface area (Å²) in [6.07, 6.45) is 4.61. The number of aromatic carboxylic acids is 1. The monoisotopic (exact) mass is 342 g/mol. The summed E-state index contributed by atoms with van der Waals surface area (Å²) in [7, 11) is 0. The number of benzene rings is 1. The van der Waals surface area contributed by atoms with Gasteiger partial charge in [0.2, 0.25) is 0 Å². The predicted octanol–water partition coefficient (Wildman–Crippen LogP) is 3.72. The normalized spacial score (nSPS) is 24.4. The lowest BCUT2D eigenvalue weighted by Gasteiger charge is -2.40. The maximum atomic E-state index is 11.3. The van der Waals surface area contributed by atoms with E-state index in [0.29, 0.717) is 12.0 Å². The lowest BCUT2D eigenvalue weighted by atomic mass is 9.69. The fourth-order valence-corrected chi connectivity index (χ4v) is 4.86. The molecule has 5 heteroatoms. The lowest BCUT2D eigenvalue weighted by molar-refractivity contribution is 0.0690. The standard InChI is InChI=1S/C19H22N2O2S/c1-12-16(17(22)23)21-18(24-12)19(8-5-9-19)11-20-15-10-14(15)13-6-3-2-4-7-13/h2-4,6-7,14-15,20H,5,8-11H2,1H3,(H,22,23)/t14-,15+/m1/s1. The SMILES string of the molecule is Cc1sc(C2(CN[C@H]3C[C@@H]3c3ccccc3)CCC2)nc1C(=O)O. The molecule has 1 aromatic carbocycles. The molecule has 2 fully saturated rings. The van der Waals surface area contributed by atoms with E-state index < -0.39 is 5.97 Å². The lowest BCUT2D eigenvalue weighted by Crippen LogP contribution is -2.44. The van der Waals surface area contributed by atoms with Crippen molar-refractivity contribution < 1.29 is 9.90 Å². The molecule has 0 spiro atoms. The second kappa shape index (κ2) is 5.97. The van der Waals surface area contributed by atoms with Gasteiger partial charge in [-0.05, 0) is 31.7 Å². The van der Waals surface area contributed by atoms with Crippen LogP contribution in [0.5, 0.6) is 0 Å². The van der Waals surface area contributed by atoms with Crippen molar-refractivity contribution in [3.63, 3.8) is 0 Å². The van der Waals surface area contributed by atoms with E-state index in [1.54, 1.807) is 11.3 Å². The Balaban J connectivity index is 1.43. The van der Waals surface area contributed by atoms with Gasteiger partial charge in [-0.3, -0.25) is 0 Å². The Morgan fingerprint density at radius 2 is 2.12 bits per heavy atom. The van der Waals surface area contributed by atoms with Gasteiger partial charge >= 0.3 is 5.97 Å². The highest BCUT2D eigenvalue weighted by atomic mass is 32.1. The fraction of sp³-hybridized carbons (Fsp3) is 0.474. The molecule has 2 atom stereocenters. The average Bonchev–Trinajstić information content (AvgIpc) is 3.21. The molecule has 4 rings (SSSR count). The van der Waals surface area contributed by atoms with Gasteiger partial charge in [0.1, 0.15) is 5.01 Å². The number of aryl methyl sites for hydroxylation is 1. The zero-order chi connectivity index (χ0) is 16.7. The largest absolute Gasteiger partial charge is 0.476 e. The Morgan fingerprint density at radius 1 is 1.38 bits per heavy atom. The van der Waals surface area contributed by atoms with Gasteiger partial charge in [-0.25, -0.2) is 9.78 Å². The van der Waals surface area contributed by atoms with Crippen molar-refractivity contribution in [1.29, 1.82) is 0 Å². The van der Waals surface area contributed by atoms with E-state index >= 15 is 0 Å². The van der Waals surface area contributed by atoms with Crippen LogP contribution in [-0.2, 0) is 5.41 Å². The molecular formula is C19H22N2O2S. The smallest absolute Gasteiger partial charge is 0.355 e. The number of carbonyl (C=O) groups is 1. The third-order valence-electron chi connectivity index (χ3n) is 5.48. The number of carboxylic acids is 1. The Labute approximate surface area is 145 Å². The summed E-state index contributed by atoms with van der Waals surface area (Å²) in [5, 5.41) is 14.0. The molecule has 2 aliphatic rings. The molecule has 0 amide bonds. The number of nitrogens with zero attached hydrogens (tertiary/aromatic N) is 1. The highest BCUT2D eigenvalue weighted by Crippen LogP contribution is 2.47. The minimum Gasteiger partial charge on any atom is -0.476 e. The first-order chi connectivity index (χ1) is 11.6. The second-order valence-corrected chi connectivity index (χ2v) is 8.31. The van der Waals surface area contributed by atoms with Crippen LogP contribution in [0.4, 0.5) is 0 Å². The summed E-state index contributed by atoms with van der Waals surface area (Å²) in [5.41, 5.74) is 1.69. The molecule has 2 saturated carbocycles. The third-order valence-corrected chi connectivity index (χ3v) is 6.70. The molecule has 1 heterocycles. The van der Waals surface area contributed by atoms with Gasteiger partial charge in [0, 0.05) is 28.8 Å². The number of thiazole rings is 1. The van der Waals surface area contributed by atoms with Crippen LogP contribution in [0.25, 0.3) is 0 Å². The highest BCUT2D eigenvalue weighted by Gasteiger charge is 2.45. The van der Waals surface area contributed by atoms with E-state index in [-0.39, 0.29) is 11.1 Å². The molecule has 4 nitrogen and oxygen atoms in total. The highest BCUT2D eigenvalue weighted by molar-refractivity contribution is 7.12. The van der Waals surface area contributed by atoms with Crippen molar-refractivity contribution in [2.24, 2.45) is 0 Å². The molecule has 0 saturated heterocycles. The van der Waals surface area contributed by atoms with Crippen molar-refractivity contribution in [2.75, 3.05) is 6.54 Å². The maximum Gasteiger partial charge on any atom is 0.355 e. The molecule has 126 valence electrons. The average molecular weight is 342 g/mol. The second-order valence-electron chi connectivity index (χ2n) is 7.10. The summed E-state index contributed by atoms with van der Waals surface area (Å²) in [4.78, 5) is 16.5. The summed E-state index contributed by atoms with van der Waals surface area (Å²) in [6, 6.07) is 11.2. The Hall–Kier alpha value is -1.72. The van der Waals surface area contributed by atoms with Crippen molar-refractivity contribution in [3.8, 4) is 0 Å². The summed E-state index contributed by atoms with van der Waals surface area (Å²) in [6.45, 7) is 2.77. The van der Waals surface area contributed by atoms with E-state index in [9.17, 15) is 9.90 Å². The van der Waals surface area contributed by atoms with Gasteiger partial charge in [-0.2, -0.15) is 0 Å². The third kappa shape index (κ3) is 2.76. The quantitative estimate of drug-likeness (QED) is 0.840. The number of carboxylic acid groups (broad SMARTS) is 1. The molecule has 2 aliphatic carbocycles. The van der Waals surface area contributed by atoms with Crippen LogP contribution in [0.15, 0.2) is 30.3 Å². The number of hydrogen-bond donors (Lipinski definition) is 2. The number of rotatable bonds is 6. The number of hydrogen-bond acceptors (Lipinski definition) is 4. The van der Waals surface area contributed by atoms with Crippen molar-refractivity contribution in [1.82, 2.24) is 10.3 Å². The van der Waals surface area contributed by atoms with Gasteiger partial charge in [-0.1, -0.05) is 36.8 Å². The summed E-state index contributed by atoms with van der Waals surface area (Å²) < 4.78 is 0. The van der Waals surface area contributed by atoms with Crippen molar-refractivity contribution in [2.45, 2.75) is 50.0 Å². The summed E-state index contributed by atoms with van der Waals surface area (Å²) >= 11 is 1.56. The molecule has 24 heavy (non-hydrogen) atoms. The predicted molar refractivity (Wildman–Crippen MR) is 94.9 cm³/mol. The molecule has 2 aromatic rings. The van der Waals surface area contributed by atoms with Crippen LogP contribution < -0.4 is 5.32 Å². The van der Waals surface area contributed by atoms with Crippen molar-refractivity contribution in [3.05, 3.63) is 51.5 Å². The fourth-order valence-electron chi connectivity index (χ4n) is 3.71.